The second-order valence-electron chi connectivity index (χ2n) is 8.27. The first kappa shape index (κ1) is 24.5. The highest BCUT2D eigenvalue weighted by Gasteiger charge is 2.24. The molecule has 3 rings (SSSR count). The number of nitrogens with one attached hydrogen (secondary N) is 1. The van der Waals surface area contributed by atoms with Crippen LogP contribution in [0.4, 0.5) is 5.69 Å². The number of piperidine rings is 1. The molecule has 2 aromatic carbocycles. The third-order valence-electron chi connectivity index (χ3n) is 6.07. The maximum absolute atomic E-state index is 12.9. The molecule has 1 aliphatic rings. The van der Waals surface area contributed by atoms with Crippen LogP contribution in [0, 0.1) is 5.92 Å². The van der Waals surface area contributed by atoms with Gasteiger partial charge >= 0.3 is 0 Å². The standard InChI is InChI=1S/C26H34N2O5/c1-17(20-15-23(31-4)25(33-6)24(16-20)32-5)13-18-7-8-22(30-3)21(14-18)27-26(29)19-9-11-28(2)12-10-19/h7-8,13-16,19H,9-12H2,1-6H3,(H,27,29)/b17-13-. The number of carbonyl (C=O) groups excluding carboxylic acids is 1. The van der Waals surface area contributed by atoms with Gasteiger partial charge in [0.1, 0.15) is 5.75 Å². The molecule has 1 fully saturated rings. The van der Waals surface area contributed by atoms with Crippen LogP contribution in [0.2, 0.25) is 0 Å². The number of carbonyl (C=O) groups is 1. The molecule has 1 amide bonds. The lowest BCUT2D eigenvalue weighted by atomic mass is 9.96. The summed E-state index contributed by atoms with van der Waals surface area (Å²) in [4.78, 5) is 15.1. The van der Waals surface area contributed by atoms with Crippen LogP contribution in [0.25, 0.3) is 11.6 Å². The normalized spacial score (nSPS) is 15.2. The molecule has 0 aliphatic carbocycles. The van der Waals surface area contributed by atoms with E-state index >= 15 is 0 Å². The lowest BCUT2D eigenvalue weighted by Crippen LogP contribution is -2.35. The molecule has 178 valence electrons. The Bertz CT molecular complexity index is 985. The van der Waals surface area contributed by atoms with Crippen LogP contribution in [0.1, 0.15) is 30.9 Å². The summed E-state index contributed by atoms with van der Waals surface area (Å²) in [7, 11) is 8.48. The molecule has 7 heteroatoms. The molecule has 2 aromatic rings. The number of likely N-dealkylation sites (tertiary alicyclic amines) is 1. The maximum Gasteiger partial charge on any atom is 0.227 e. The quantitative estimate of drug-likeness (QED) is 0.590. The van der Waals surface area contributed by atoms with Crippen molar-refractivity contribution in [1.82, 2.24) is 4.90 Å². The first-order valence-corrected chi connectivity index (χ1v) is 11.1. The van der Waals surface area contributed by atoms with Crippen molar-refractivity contribution >= 4 is 23.2 Å². The molecular weight excluding hydrogens is 420 g/mol. The summed E-state index contributed by atoms with van der Waals surface area (Å²) in [5.74, 6) is 2.45. The molecule has 33 heavy (non-hydrogen) atoms. The van der Waals surface area contributed by atoms with Gasteiger partial charge in [-0.3, -0.25) is 4.79 Å². The number of rotatable bonds is 8. The van der Waals surface area contributed by atoms with Crippen molar-refractivity contribution in [2.24, 2.45) is 5.92 Å². The van der Waals surface area contributed by atoms with Crippen molar-refractivity contribution in [3.05, 3.63) is 41.5 Å². The molecule has 0 saturated carbocycles. The summed E-state index contributed by atoms with van der Waals surface area (Å²) in [5.41, 5.74) is 3.57. The predicted octanol–water partition coefficient (Wildman–Crippen LogP) is 4.56. The Morgan fingerprint density at radius 2 is 1.55 bits per heavy atom. The van der Waals surface area contributed by atoms with Crippen molar-refractivity contribution < 1.29 is 23.7 Å². The van der Waals surface area contributed by atoms with E-state index in [0.717, 1.165) is 42.6 Å². The zero-order valence-corrected chi connectivity index (χ0v) is 20.4. The van der Waals surface area contributed by atoms with Crippen molar-refractivity contribution in [2.75, 3.05) is 53.9 Å². The van der Waals surface area contributed by atoms with Crippen molar-refractivity contribution in [3.63, 3.8) is 0 Å². The van der Waals surface area contributed by atoms with E-state index in [2.05, 4.69) is 17.3 Å². The van der Waals surface area contributed by atoms with Gasteiger partial charge in [-0.2, -0.15) is 0 Å². The third kappa shape index (κ3) is 5.79. The number of nitrogens with zero attached hydrogens (tertiary/aromatic N) is 1. The Hall–Kier alpha value is -3.19. The topological polar surface area (TPSA) is 69.3 Å². The van der Waals surface area contributed by atoms with Gasteiger partial charge in [-0.1, -0.05) is 12.1 Å². The fourth-order valence-electron chi connectivity index (χ4n) is 4.06. The van der Waals surface area contributed by atoms with E-state index in [0.29, 0.717) is 28.7 Å². The zero-order valence-electron chi connectivity index (χ0n) is 20.4. The number of allylic oxidation sites excluding steroid dienone is 1. The zero-order chi connectivity index (χ0) is 24.0. The van der Waals surface area contributed by atoms with Gasteiger partial charge in [0, 0.05) is 5.92 Å². The Labute approximate surface area is 196 Å². The summed E-state index contributed by atoms with van der Waals surface area (Å²) >= 11 is 0. The fourth-order valence-corrected chi connectivity index (χ4v) is 4.06. The number of amides is 1. The maximum atomic E-state index is 12.9. The molecule has 0 bridgehead atoms. The van der Waals surface area contributed by atoms with Gasteiger partial charge in [-0.15, -0.1) is 0 Å². The minimum absolute atomic E-state index is 0.0195. The fraction of sp³-hybridized carbons (Fsp3) is 0.423. The van der Waals surface area contributed by atoms with Gasteiger partial charge in [0.15, 0.2) is 11.5 Å². The Morgan fingerprint density at radius 1 is 0.939 bits per heavy atom. The molecule has 1 heterocycles. The van der Waals surface area contributed by atoms with Crippen LogP contribution in [-0.2, 0) is 4.79 Å². The molecule has 0 spiro atoms. The minimum Gasteiger partial charge on any atom is -0.495 e. The van der Waals surface area contributed by atoms with E-state index < -0.39 is 0 Å². The highest BCUT2D eigenvalue weighted by atomic mass is 16.5. The lowest BCUT2D eigenvalue weighted by molar-refractivity contribution is -0.121. The molecule has 7 nitrogen and oxygen atoms in total. The predicted molar refractivity (Wildman–Crippen MR) is 131 cm³/mol. The molecule has 1 saturated heterocycles. The van der Waals surface area contributed by atoms with Crippen LogP contribution in [0.3, 0.4) is 0 Å². The Balaban J connectivity index is 1.87. The second kappa shape index (κ2) is 11.1. The third-order valence-corrected chi connectivity index (χ3v) is 6.07. The van der Waals surface area contributed by atoms with Crippen LogP contribution in [-0.4, -0.2) is 59.4 Å². The average molecular weight is 455 g/mol. The number of hydrogen-bond donors (Lipinski definition) is 1. The van der Waals surface area contributed by atoms with E-state index in [1.165, 1.54) is 0 Å². The molecule has 0 atom stereocenters. The van der Waals surface area contributed by atoms with E-state index in [1.807, 2.05) is 43.3 Å². The Morgan fingerprint density at radius 3 is 2.09 bits per heavy atom. The highest BCUT2D eigenvalue weighted by Crippen LogP contribution is 2.40. The second-order valence-corrected chi connectivity index (χ2v) is 8.27. The van der Waals surface area contributed by atoms with E-state index in [9.17, 15) is 4.79 Å². The molecule has 0 radical (unpaired) electrons. The summed E-state index contributed by atoms with van der Waals surface area (Å²) < 4.78 is 21.9. The molecule has 0 aromatic heterocycles. The van der Waals surface area contributed by atoms with Crippen molar-refractivity contribution in [3.8, 4) is 23.0 Å². The van der Waals surface area contributed by atoms with Gasteiger partial charge in [0.05, 0.1) is 34.1 Å². The van der Waals surface area contributed by atoms with Gasteiger partial charge in [-0.05, 0) is 80.9 Å². The summed E-state index contributed by atoms with van der Waals surface area (Å²) in [6.07, 6.45) is 3.78. The number of benzene rings is 2. The Kier molecular flexibility index (Phi) is 8.22. The summed E-state index contributed by atoms with van der Waals surface area (Å²) in [6, 6.07) is 9.61. The van der Waals surface area contributed by atoms with Gasteiger partial charge in [0.25, 0.3) is 0 Å². The van der Waals surface area contributed by atoms with Crippen LogP contribution >= 0.6 is 0 Å². The summed E-state index contributed by atoms with van der Waals surface area (Å²) in [5, 5.41) is 3.08. The van der Waals surface area contributed by atoms with Gasteiger partial charge in [-0.25, -0.2) is 0 Å². The lowest BCUT2D eigenvalue weighted by Gasteiger charge is -2.28. The van der Waals surface area contributed by atoms with Crippen LogP contribution in [0.5, 0.6) is 23.0 Å². The number of methoxy groups -OCH3 is 4. The van der Waals surface area contributed by atoms with E-state index in [1.54, 1.807) is 28.4 Å². The summed E-state index contributed by atoms with van der Waals surface area (Å²) in [6.45, 7) is 3.89. The molecule has 0 unspecified atom stereocenters. The number of hydrogen-bond acceptors (Lipinski definition) is 6. The van der Waals surface area contributed by atoms with Gasteiger partial charge in [0.2, 0.25) is 11.7 Å². The number of anilines is 1. The average Bonchev–Trinajstić information content (AvgIpc) is 2.83. The molecule has 1 aliphatic heterocycles. The minimum atomic E-state index is 0.0195. The van der Waals surface area contributed by atoms with Crippen LogP contribution < -0.4 is 24.3 Å². The first-order valence-electron chi connectivity index (χ1n) is 11.1. The van der Waals surface area contributed by atoms with Crippen molar-refractivity contribution in [1.29, 1.82) is 0 Å². The highest BCUT2D eigenvalue weighted by molar-refractivity contribution is 5.95. The van der Waals surface area contributed by atoms with Crippen LogP contribution in [0.15, 0.2) is 30.3 Å². The number of ether oxygens (including phenoxy) is 4. The molecular formula is C26H34N2O5. The van der Waals surface area contributed by atoms with Gasteiger partial charge < -0.3 is 29.2 Å². The monoisotopic (exact) mass is 454 g/mol. The SMILES string of the molecule is COc1ccc(/C=C(/C)c2cc(OC)c(OC)c(OC)c2)cc1NC(=O)C1CCN(C)CC1. The smallest absolute Gasteiger partial charge is 0.227 e. The molecule has 1 N–H and O–H groups in total. The van der Waals surface area contributed by atoms with E-state index in [4.69, 9.17) is 18.9 Å². The first-order chi connectivity index (χ1) is 15.9. The van der Waals surface area contributed by atoms with Crippen molar-refractivity contribution in [2.45, 2.75) is 19.8 Å². The van der Waals surface area contributed by atoms with E-state index in [-0.39, 0.29) is 11.8 Å². The largest absolute Gasteiger partial charge is 0.495 e.